The first-order chi connectivity index (χ1) is 8.15. The summed E-state index contributed by atoms with van der Waals surface area (Å²) >= 11 is 1.31. The summed E-state index contributed by atoms with van der Waals surface area (Å²) in [5.74, 6) is -0.614. The average molecular weight is 250 g/mol. The van der Waals surface area contributed by atoms with Crippen LogP contribution in [0.5, 0.6) is 5.75 Å². The Bertz CT molecular complexity index is 560. The van der Waals surface area contributed by atoms with Crippen LogP contribution in [0.2, 0.25) is 0 Å². The van der Waals surface area contributed by atoms with Gasteiger partial charge in [-0.15, -0.1) is 11.3 Å². The zero-order valence-electron chi connectivity index (χ0n) is 9.49. The molecule has 2 rings (SSSR count). The van der Waals surface area contributed by atoms with Crippen LogP contribution in [0.1, 0.15) is 20.8 Å². The van der Waals surface area contributed by atoms with E-state index in [0.29, 0.717) is 4.88 Å². The number of methoxy groups -OCH3 is 1. The molecule has 1 aromatic heterocycles. The second-order valence-electron chi connectivity index (χ2n) is 3.58. The number of carbonyl (C=O) groups is 1. The van der Waals surface area contributed by atoms with Crippen molar-refractivity contribution in [1.29, 1.82) is 0 Å². The first-order valence-corrected chi connectivity index (χ1v) is 5.94. The maximum Gasteiger partial charge on any atom is 0.209 e. The third-order valence-corrected chi connectivity index (χ3v) is 3.51. The molecule has 0 fully saturated rings. The quantitative estimate of drug-likeness (QED) is 0.780. The Balaban J connectivity index is 2.55. The van der Waals surface area contributed by atoms with E-state index >= 15 is 0 Å². The number of benzene rings is 1. The highest BCUT2D eigenvalue weighted by atomic mass is 32.1. The fraction of sp³-hybridized carbons (Fsp3) is 0.154. The lowest BCUT2D eigenvalue weighted by Gasteiger charge is -2.07. The Hall–Kier alpha value is -1.68. The van der Waals surface area contributed by atoms with Crippen molar-refractivity contribution in [3.05, 3.63) is 51.5 Å². The number of hydrogen-bond donors (Lipinski definition) is 0. The Morgan fingerprint density at radius 1 is 1.35 bits per heavy atom. The number of rotatable bonds is 3. The third-order valence-electron chi connectivity index (χ3n) is 2.49. The van der Waals surface area contributed by atoms with Gasteiger partial charge < -0.3 is 4.74 Å². The molecule has 0 radical (unpaired) electrons. The molecule has 0 N–H and O–H groups in total. The number of ketones is 1. The Morgan fingerprint density at radius 2 is 2.12 bits per heavy atom. The molecular weight excluding hydrogens is 239 g/mol. The normalized spacial score (nSPS) is 10.3. The van der Waals surface area contributed by atoms with Gasteiger partial charge in [0.2, 0.25) is 5.78 Å². The van der Waals surface area contributed by atoms with Crippen molar-refractivity contribution in [2.75, 3.05) is 7.11 Å². The van der Waals surface area contributed by atoms with Crippen LogP contribution in [0, 0.1) is 12.7 Å². The number of hydrogen-bond acceptors (Lipinski definition) is 3. The van der Waals surface area contributed by atoms with Crippen molar-refractivity contribution >= 4 is 17.1 Å². The second kappa shape index (κ2) is 4.67. The van der Waals surface area contributed by atoms with Gasteiger partial charge in [-0.2, -0.15) is 0 Å². The number of halogens is 1. The second-order valence-corrected chi connectivity index (χ2v) is 4.50. The zero-order valence-corrected chi connectivity index (χ0v) is 10.3. The van der Waals surface area contributed by atoms with E-state index in [-0.39, 0.29) is 17.1 Å². The summed E-state index contributed by atoms with van der Waals surface area (Å²) in [6.07, 6.45) is 0. The molecule has 0 aliphatic carbocycles. The van der Waals surface area contributed by atoms with Crippen LogP contribution in [0.3, 0.4) is 0 Å². The predicted octanol–water partition coefficient (Wildman–Crippen LogP) is 3.44. The molecule has 0 aliphatic rings. The Kier molecular flexibility index (Phi) is 3.24. The van der Waals surface area contributed by atoms with Crippen molar-refractivity contribution in [2.24, 2.45) is 0 Å². The lowest BCUT2D eigenvalue weighted by atomic mass is 10.1. The summed E-state index contributed by atoms with van der Waals surface area (Å²) in [6, 6.07) is 6.20. The van der Waals surface area contributed by atoms with Gasteiger partial charge in [0.1, 0.15) is 17.1 Å². The molecule has 0 saturated carbocycles. The summed E-state index contributed by atoms with van der Waals surface area (Å²) in [7, 11) is 1.42. The Labute approximate surface area is 103 Å². The van der Waals surface area contributed by atoms with Gasteiger partial charge in [-0.3, -0.25) is 4.79 Å². The van der Waals surface area contributed by atoms with Gasteiger partial charge in [0.15, 0.2) is 0 Å². The van der Waals surface area contributed by atoms with Gasteiger partial charge in [-0.1, -0.05) is 6.07 Å². The largest absolute Gasteiger partial charge is 0.496 e. The highest BCUT2D eigenvalue weighted by Gasteiger charge is 2.21. The maximum atomic E-state index is 13.7. The lowest BCUT2D eigenvalue weighted by Crippen LogP contribution is -2.06. The first kappa shape index (κ1) is 11.8. The monoisotopic (exact) mass is 250 g/mol. The number of ether oxygens (including phenoxy) is 1. The highest BCUT2D eigenvalue weighted by molar-refractivity contribution is 7.12. The van der Waals surface area contributed by atoms with Gasteiger partial charge in [0, 0.05) is 0 Å². The van der Waals surface area contributed by atoms with E-state index in [1.165, 1.54) is 30.6 Å². The fourth-order valence-electron chi connectivity index (χ4n) is 1.61. The van der Waals surface area contributed by atoms with Crippen LogP contribution in [-0.2, 0) is 0 Å². The lowest BCUT2D eigenvalue weighted by molar-refractivity contribution is 0.103. The van der Waals surface area contributed by atoms with Gasteiger partial charge in [0.25, 0.3) is 0 Å². The minimum atomic E-state index is -0.554. The van der Waals surface area contributed by atoms with E-state index in [1.807, 2.05) is 18.4 Å². The van der Waals surface area contributed by atoms with Crippen LogP contribution in [-0.4, -0.2) is 12.9 Å². The van der Waals surface area contributed by atoms with E-state index in [0.717, 1.165) is 5.56 Å². The van der Waals surface area contributed by atoms with E-state index in [4.69, 9.17) is 4.74 Å². The van der Waals surface area contributed by atoms with E-state index in [1.54, 1.807) is 6.07 Å². The van der Waals surface area contributed by atoms with E-state index < -0.39 is 5.82 Å². The molecule has 1 heterocycles. The molecule has 0 unspecified atom stereocenters. The van der Waals surface area contributed by atoms with Crippen LogP contribution < -0.4 is 4.74 Å². The van der Waals surface area contributed by atoms with Crippen molar-refractivity contribution in [3.8, 4) is 5.75 Å². The Morgan fingerprint density at radius 3 is 2.71 bits per heavy atom. The van der Waals surface area contributed by atoms with E-state index in [2.05, 4.69) is 0 Å². The number of aryl methyl sites for hydroxylation is 1. The van der Waals surface area contributed by atoms with Gasteiger partial charge in [-0.05, 0) is 36.1 Å². The molecule has 0 amide bonds. The third kappa shape index (κ3) is 2.08. The van der Waals surface area contributed by atoms with Crippen LogP contribution >= 0.6 is 11.3 Å². The summed E-state index contributed by atoms with van der Waals surface area (Å²) in [4.78, 5) is 12.8. The molecule has 0 aliphatic heterocycles. The summed E-state index contributed by atoms with van der Waals surface area (Å²) in [6.45, 7) is 1.83. The number of carbonyl (C=O) groups excluding carboxylic acids is 1. The molecule has 4 heteroatoms. The molecule has 1 aromatic carbocycles. The van der Waals surface area contributed by atoms with Crippen molar-refractivity contribution in [1.82, 2.24) is 0 Å². The van der Waals surface area contributed by atoms with Crippen molar-refractivity contribution in [3.63, 3.8) is 0 Å². The molecule has 0 bridgehead atoms. The summed E-state index contributed by atoms with van der Waals surface area (Å²) in [5.41, 5.74) is 0.853. The van der Waals surface area contributed by atoms with Crippen LogP contribution in [0.25, 0.3) is 0 Å². The molecule has 0 atom stereocenters. The fourth-order valence-corrected chi connectivity index (χ4v) is 2.48. The molecule has 17 heavy (non-hydrogen) atoms. The summed E-state index contributed by atoms with van der Waals surface area (Å²) < 4.78 is 18.7. The smallest absolute Gasteiger partial charge is 0.209 e. The molecule has 88 valence electrons. The van der Waals surface area contributed by atoms with Gasteiger partial charge >= 0.3 is 0 Å². The molecule has 2 nitrogen and oxygen atoms in total. The van der Waals surface area contributed by atoms with Gasteiger partial charge in [-0.25, -0.2) is 4.39 Å². The van der Waals surface area contributed by atoms with Crippen LogP contribution in [0.4, 0.5) is 4.39 Å². The minimum Gasteiger partial charge on any atom is -0.496 e. The maximum absolute atomic E-state index is 13.7. The molecular formula is C13H11FO2S. The molecule has 2 aromatic rings. The number of thiophene rings is 1. The summed E-state index contributed by atoms with van der Waals surface area (Å²) in [5, 5.41) is 1.82. The average Bonchev–Trinajstić information content (AvgIpc) is 2.74. The molecule has 0 saturated heterocycles. The standard InChI is InChI=1S/C13H11FO2S/c1-8-6-7-17-13(8)12(15)11-9(14)4-3-5-10(11)16-2/h3-7H,1-2H3. The van der Waals surface area contributed by atoms with Crippen molar-refractivity contribution in [2.45, 2.75) is 6.92 Å². The predicted molar refractivity (Wildman–Crippen MR) is 65.4 cm³/mol. The van der Waals surface area contributed by atoms with Crippen LogP contribution in [0.15, 0.2) is 29.6 Å². The van der Waals surface area contributed by atoms with E-state index in [9.17, 15) is 9.18 Å². The first-order valence-electron chi connectivity index (χ1n) is 5.06. The van der Waals surface area contributed by atoms with Gasteiger partial charge in [0.05, 0.1) is 12.0 Å². The van der Waals surface area contributed by atoms with Crippen molar-refractivity contribution < 1.29 is 13.9 Å². The SMILES string of the molecule is COc1cccc(F)c1C(=O)c1sccc1C. The molecule has 0 spiro atoms. The zero-order chi connectivity index (χ0) is 12.4. The minimum absolute atomic E-state index is 0.000509. The highest BCUT2D eigenvalue weighted by Crippen LogP contribution is 2.27. The topological polar surface area (TPSA) is 26.3 Å².